The Labute approximate surface area is 83.4 Å². The number of carbonyl (C=O) groups excluding carboxylic acids is 2. The molecule has 78 valence electrons. The lowest BCUT2D eigenvalue weighted by atomic mass is 10.3. The Bertz CT molecular complexity index is 265. The second-order valence-corrected chi connectivity index (χ2v) is 3.43. The zero-order valence-corrected chi connectivity index (χ0v) is 8.49. The van der Waals surface area contributed by atoms with Crippen LogP contribution < -0.4 is 5.32 Å². The van der Waals surface area contributed by atoms with Crippen molar-refractivity contribution in [3.8, 4) is 0 Å². The first-order valence-corrected chi connectivity index (χ1v) is 4.48. The van der Waals surface area contributed by atoms with Crippen LogP contribution in [0.3, 0.4) is 0 Å². The predicted molar refractivity (Wildman–Crippen MR) is 52.5 cm³/mol. The van der Waals surface area contributed by atoms with Gasteiger partial charge in [0.05, 0.1) is 0 Å². The van der Waals surface area contributed by atoms with Crippen LogP contribution in [0.5, 0.6) is 0 Å². The third-order valence-electron chi connectivity index (χ3n) is 2.34. The Morgan fingerprint density at radius 1 is 1.71 bits per heavy atom. The molecule has 1 N–H and O–H groups in total. The van der Waals surface area contributed by atoms with Crippen LogP contribution in [0.15, 0.2) is 12.8 Å². The van der Waals surface area contributed by atoms with Crippen LogP contribution in [0.25, 0.3) is 0 Å². The van der Waals surface area contributed by atoms with Crippen molar-refractivity contribution in [3.63, 3.8) is 0 Å². The second-order valence-electron chi connectivity index (χ2n) is 3.43. The van der Waals surface area contributed by atoms with Gasteiger partial charge in [-0.3, -0.25) is 10.1 Å². The maximum atomic E-state index is 11.2. The van der Waals surface area contributed by atoms with E-state index in [4.69, 9.17) is 0 Å². The minimum atomic E-state index is -0.306. The van der Waals surface area contributed by atoms with E-state index in [9.17, 15) is 9.59 Å². The largest absolute Gasteiger partial charge is 0.376 e. The van der Waals surface area contributed by atoms with Crippen molar-refractivity contribution in [2.75, 3.05) is 20.1 Å². The summed E-state index contributed by atoms with van der Waals surface area (Å²) in [5.41, 5.74) is 0. The smallest absolute Gasteiger partial charge is 0.324 e. The van der Waals surface area contributed by atoms with Crippen LogP contribution in [-0.4, -0.2) is 47.9 Å². The van der Waals surface area contributed by atoms with E-state index in [2.05, 4.69) is 11.9 Å². The molecule has 5 heteroatoms. The fraction of sp³-hybridized carbons (Fsp3) is 0.556. The molecule has 1 fully saturated rings. The number of nitrogens with one attached hydrogen (secondary N) is 1. The van der Waals surface area contributed by atoms with Gasteiger partial charge in [0.15, 0.2) is 0 Å². The van der Waals surface area contributed by atoms with Crippen molar-refractivity contribution in [3.05, 3.63) is 12.8 Å². The lowest BCUT2D eigenvalue weighted by Gasteiger charge is -2.26. The van der Waals surface area contributed by atoms with E-state index in [1.54, 1.807) is 6.20 Å². The van der Waals surface area contributed by atoms with E-state index < -0.39 is 0 Å². The van der Waals surface area contributed by atoms with Crippen LogP contribution in [0.4, 0.5) is 4.79 Å². The van der Waals surface area contributed by atoms with Gasteiger partial charge in [-0.15, -0.1) is 0 Å². The van der Waals surface area contributed by atoms with E-state index in [1.165, 1.54) is 4.90 Å². The van der Waals surface area contributed by atoms with Gasteiger partial charge in [-0.1, -0.05) is 6.58 Å². The highest BCUT2D eigenvalue weighted by atomic mass is 16.2. The molecule has 1 unspecified atom stereocenters. The van der Waals surface area contributed by atoms with Crippen molar-refractivity contribution < 1.29 is 9.59 Å². The van der Waals surface area contributed by atoms with E-state index >= 15 is 0 Å². The number of carbonyl (C=O) groups is 2. The average molecular weight is 197 g/mol. The number of amides is 3. The first kappa shape index (κ1) is 10.6. The molecule has 0 radical (unpaired) electrons. The van der Waals surface area contributed by atoms with E-state index in [0.29, 0.717) is 6.54 Å². The number of imide groups is 1. The number of hydrogen-bond donors (Lipinski definition) is 1. The molecule has 0 aromatic carbocycles. The monoisotopic (exact) mass is 197 g/mol. The van der Waals surface area contributed by atoms with E-state index in [1.807, 2.05) is 18.9 Å². The zero-order valence-electron chi connectivity index (χ0n) is 8.49. The fourth-order valence-corrected chi connectivity index (χ4v) is 1.26. The zero-order chi connectivity index (χ0) is 10.7. The normalized spacial score (nSPS) is 18.0. The van der Waals surface area contributed by atoms with Gasteiger partial charge in [-0.05, 0) is 13.1 Å². The summed E-state index contributed by atoms with van der Waals surface area (Å²) in [6.45, 7) is 6.29. The molecule has 0 bridgehead atoms. The second kappa shape index (κ2) is 4.13. The number of likely N-dealkylation sites (N-methyl/N-ethyl adjacent to an activating group) is 1. The third kappa shape index (κ3) is 2.25. The van der Waals surface area contributed by atoms with Gasteiger partial charge in [-0.25, -0.2) is 4.79 Å². The van der Waals surface area contributed by atoms with Crippen LogP contribution in [0, 0.1) is 0 Å². The Morgan fingerprint density at radius 2 is 2.36 bits per heavy atom. The molecule has 0 spiro atoms. The molecule has 5 nitrogen and oxygen atoms in total. The SMILES string of the molecule is C=CN(C)C(C)CN1CC(=O)NC1=O. The average Bonchev–Trinajstić information content (AvgIpc) is 2.44. The van der Waals surface area contributed by atoms with Gasteiger partial charge in [0, 0.05) is 19.6 Å². The molecule has 0 aromatic heterocycles. The van der Waals surface area contributed by atoms with Crippen molar-refractivity contribution in [1.29, 1.82) is 0 Å². The van der Waals surface area contributed by atoms with Crippen molar-refractivity contribution in [2.24, 2.45) is 0 Å². The van der Waals surface area contributed by atoms with E-state index in [0.717, 1.165) is 0 Å². The highest BCUT2D eigenvalue weighted by Gasteiger charge is 2.27. The van der Waals surface area contributed by atoms with Gasteiger partial charge in [0.1, 0.15) is 6.54 Å². The summed E-state index contributed by atoms with van der Waals surface area (Å²) in [7, 11) is 1.88. The number of hydrogen-bond acceptors (Lipinski definition) is 3. The molecule has 0 aliphatic carbocycles. The molecule has 1 aliphatic rings. The Hall–Kier alpha value is -1.52. The molecule has 1 rings (SSSR count). The first-order valence-electron chi connectivity index (χ1n) is 4.48. The minimum Gasteiger partial charge on any atom is -0.376 e. The third-order valence-corrected chi connectivity index (χ3v) is 2.34. The quantitative estimate of drug-likeness (QED) is 0.645. The molecule has 1 heterocycles. The summed E-state index contributed by atoms with van der Waals surface area (Å²) in [5.74, 6) is -0.233. The number of urea groups is 1. The van der Waals surface area contributed by atoms with Crippen LogP contribution in [-0.2, 0) is 4.79 Å². The van der Waals surface area contributed by atoms with Crippen LogP contribution >= 0.6 is 0 Å². The Morgan fingerprint density at radius 3 is 2.79 bits per heavy atom. The Kier molecular flexibility index (Phi) is 3.11. The van der Waals surface area contributed by atoms with Gasteiger partial charge in [0.2, 0.25) is 5.91 Å². The Balaban J connectivity index is 2.48. The maximum Gasteiger partial charge on any atom is 0.324 e. The lowest BCUT2D eigenvalue weighted by molar-refractivity contribution is -0.118. The lowest BCUT2D eigenvalue weighted by Crippen LogP contribution is -2.39. The van der Waals surface area contributed by atoms with Gasteiger partial charge in [-0.2, -0.15) is 0 Å². The summed E-state index contributed by atoms with van der Waals surface area (Å²) in [6.07, 6.45) is 1.69. The van der Waals surface area contributed by atoms with Crippen LogP contribution in [0.2, 0.25) is 0 Å². The molecule has 1 saturated heterocycles. The standard InChI is InChI=1S/C9H15N3O2/c1-4-11(3)7(2)5-12-6-8(13)10-9(12)14/h4,7H,1,5-6H2,2-3H3,(H,10,13,14). The van der Waals surface area contributed by atoms with E-state index in [-0.39, 0.29) is 24.5 Å². The molecule has 0 aromatic rings. The number of nitrogens with zero attached hydrogens (tertiary/aromatic N) is 2. The molecular weight excluding hydrogens is 182 g/mol. The summed E-state index contributed by atoms with van der Waals surface area (Å²) >= 11 is 0. The summed E-state index contributed by atoms with van der Waals surface area (Å²) < 4.78 is 0. The first-order chi connectivity index (χ1) is 6.54. The fourth-order valence-electron chi connectivity index (χ4n) is 1.26. The molecule has 1 atom stereocenters. The topological polar surface area (TPSA) is 52.6 Å². The molecule has 1 aliphatic heterocycles. The highest BCUT2D eigenvalue weighted by Crippen LogP contribution is 2.03. The number of rotatable bonds is 4. The molecular formula is C9H15N3O2. The maximum absolute atomic E-state index is 11.2. The summed E-state index contributed by atoms with van der Waals surface area (Å²) in [6, 6.07) is -0.150. The van der Waals surface area contributed by atoms with Crippen molar-refractivity contribution in [1.82, 2.24) is 15.1 Å². The summed E-state index contributed by atoms with van der Waals surface area (Å²) in [4.78, 5) is 25.5. The van der Waals surface area contributed by atoms with Gasteiger partial charge >= 0.3 is 6.03 Å². The minimum absolute atomic E-state index is 0.157. The summed E-state index contributed by atoms with van der Waals surface area (Å²) in [5, 5.41) is 2.23. The van der Waals surface area contributed by atoms with Gasteiger partial charge in [0.25, 0.3) is 0 Å². The molecule has 0 saturated carbocycles. The predicted octanol–water partition coefficient (Wildman–Crippen LogP) is 0.00200. The van der Waals surface area contributed by atoms with Crippen molar-refractivity contribution >= 4 is 11.9 Å². The van der Waals surface area contributed by atoms with Crippen LogP contribution in [0.1, 0.15) is 6.92 Å². The highest BCUT2D eigenvalue weighted by molar-refractivity contribution is 6.01. The molecule has 14 heavy (non-hydrogen) atoms. The molecule has 3 amide bonds. The van der Waals surface area contributed by atoms with Crippen molar-refractivity contribution in [2.45, 2.75) is 13.0 Å². The van der Waals surface area contributed by atoms with Gasteiger partial charge < -0.3 is 9.80 Å².